The number of urea groups is 1. The first-order valence-electron chi connectivity index (χ1n) is 20.4. The summed E-state index contributed by atoms with van der Waals surface area (Å²) in [5.74, 6) is -3.38. The van der Waals surface area contributed by atoms with Crippen LogP contribution in [-0.2, 0) is 53.1 Å². The highest BCUT2D eigenvalue weighted by Gasteiger charge is 2.75. The molecule has 1 spiro atoms. The largest absolute Gasteiger partial charge is 0.508 e. The van der Waals surface area contributed by atoms with Gasteiger partial charge in [-0.15, -0.1) is 0 Å². The van der Waals surface area contributed by atoms with E-state index in [-0.39, 0.29) is 29.0 Å². The van der Waals surface area contributed by atoms with Gasteiger partial charge < -0.3 is 35.1 Å². The number of methoxy groups -OCH3 is 3. The van der Waals surface area contributed by atoms with Gasteiger partial charge in [0.15, 0.2) is 5.92 Å². The lowest BCUT2D eigenvalue weighted by atomic mass is 9.65. The molecule has 0 bridgehead atoms. The molecule has 0 aliphatic carbocycles. The second-order valence-corrected chi connectivity index (χ2v) is 15.9. The molecular formula is C48H46N4O12. The van der Waals surface area contributed by atoms with Crippen LogP contribution in [0.2, 0.25) is 0 Å². The van der Waals surface area contributed by atoms with Crippen LogP contribution >= 0.6 is 0 Å². The van der Waals surface area contributed by atoms with E-state index in [4.69, 9.17) is 24.7 Å². The van der Waals surface area contributed by atoms with E-state index in [0.717, 1.165) is 26.2 Å². The van der Waals surface area contributed by atoms with E-state index in [9.17, 15) is 33.9 Å². The van der Waals surface area contributed by atoms with E-state index < -0.39 is 95.2 Å². The van der Waals surface area contributed by atoms with Crippen LogP contribution in [0.4, 0.5) is 10.5 Å². The fourth-order valence-electron chi connectivity index (χ4n) is 9.30. The number of primary amides is 1. The number of nitrogens with two attached hydrogens (primary N) is 1. The molecule has 4 aromatic rings. The number of nitrogens with one attached hydrogen (secondary N) is 1. The molecular weight excluding hydrogens is 825 g/mol. The number of morpholine rings is 1. The third kappa shape index (κ3) is 7.57. The Morgan fingerprint density at radius 3 is 1.95 bits per heavy atom. The van der Waals surface area contributed by atoms with E-state index in [2.05, 4.69) is 17.2 Å². The number of carbonyl (C=O) groups excluding carboxylic acids is 7. The Hall–Kier alpha value is -7.51. The number of hydrogen-bond donors (Lipinski definition) is 3. The molecule has 0 aromatic heterocycles. The van der Waals surface area contributed by atoms with Crippen LogP contribution in [0.3, 0.4) is 0 Å². The summed E-state index contributed by atoms with van der Waals surface area (Å²) in [5.41, 5.74) is 6.10. The number of nitrogens with zero attached hydrogens (tertiary/aromatic N) is 2. The first kappa shape index (κ1) is 44.5. The molecule has 4 N–H and O–H groups in total. The minimum Gasteiger partial charge on any atom is -0.508 e. The number of aromatic hydroxyl groups is 1. The molecule has 2 saturated heterocycles. The lowest BCUT2D eigenvalue weighted by Gasteiger charge is -2.46. The molecule has 16 heteroatoms. The highest BCUT2D eigenvalue weighted by Crippen LogP contribution is 2.65. The van der Waals surface area contributed by atoms with Crippen molar-refractivity contribution >= 4 is 47.4 Å². The third-order valence-electron chi connectivity index (χ3n) is 12.1. The number of esters is 4. The number of phenolic OH excluding ortho intramolecular Hbond substituents is 1. The number of anilines is 1. The second-order valence-electron chi connectivity index (χ2n) is 15.9. The summed E-state index contributed by atoms with van der Waals surface area (Å²) in [6, 6.07) is 22.5. The van der Waals surface area contributed by atoms with Crippen molar-refractivity contribution in [2.24, 2.45) is 23.5 Å². The summed E-state index contributed by atoms with van der Waals surface area (Å²) in [7, 11) is 3.40. The number of benzene rings is 4. The summed E-state index contributed by atoms with van der Waals surface area (Å²) in [6.45, 7) is 3.35. The molecule has 4 amide bonds. The number of rotatable bonds is 10. The maximum atomic E-state index is 16.0. The van der Waals surface area contributed by atoms with Gasteiger partial charge in [-0.1, -0.05) is 98.5 Å². The number of cyclic esters (lactones) is 1. The molecule has 3 aliphatic heterocycles. The SMILES string of the molecule is COC(=O)C(CC#Cc1ccc2c(c1)[C@]1(C(=O)N2C(=O)N[C@H](C(=O)OC)C(C)C)[C@H](c2ccc(O)cc2)N2[C@H](c3ccccc3)[C@H](c3ccccc3)OC(=O)[C@H]2[C@@H]1C(N)=O)C(=O)OC. The quantitative estimate of drug-likeness (QED) is 0.0884. The molecule has 0 unspecified atom stereocenters. The Kier molecular flexibility index (Phi) is 12.6. The van der Waals surface area contributed by atoms with Gasteiger partial charge in [0.25, 0.3) is 0 Å². The van der Waals surface area contributed by atoms with E-state index in [1.807, 2.05) is 24.3 Å². The maximum absolute atomic E-state index is 16.0. The standard InChI is InChI=1S/C48H46N4O12/c1-26(2)36(44(57)63-5)50-47(60)51-34-24-19-27(13-12-18-32(42(55)61-3)43(56)62-4)25-33(34)48(46(51)59)35(41(49)54)38-45(58)64-39(29-16-10-7-11-17-29)37(28-14-8-6-9-15-28)52(38)40(48)30-20-22-31(53)23-21-30/h6-11,14-17,19-26,32,35-40,53H,18H2,1-5H3,(H2,49,54)(H,50,60)/t35-,36+,37-,38-,39+,40+,48-/m1/s1. The van der Waals surface area contributed by atoms with Gasteiger partial charge in [-0.05, 0) is 58.5 Å². The Bertz CT molecular complexity index is 2540. The molecule has 64 heavy (non-hydrogen) atoms. The van der Waals surface area contributed by atoms with Gasteiger partial charge in [-0.3, -0.25) is 28.9 Å². The van der Waals surface area contributed by atoms with Gasteiger partial charge in [0.1, 0.15) is 29.4 Å². The predicted molar refractivity (Wildman–Crippen MR) is 227 cm³/mol. The Labute approximate surface area is 368 Å². The summed E-state index contributed by atoms with van der Waals surface area (Å²) in [6.07, 6.45) is -1.31. The van der Waals surface area contributed by atoms with E-state index in [1.54, 1.807) is 67.3 Å². The minimum absolute atomic E-state index is 0.0125. The van der Waals surface area contributed by atoms with Gasteiger partial charge in [-0.25, -0.2) is 14.5 Å². The number of amides is 4. The Balaban J connectivity index is 1.53. The number of fused-ring (bicyclic) bond motifs is 3. The first-order chi connectivity index (χ1) is 30.7. The van der Waals surface area contributed by atoms with E-state index in [0.29, 0.717) is 16.7 Å². The van der Waals surface area contributed by atoms with Crippen molar-refractivity contribution in [3.05, 3.63) is 131 Å². The Morgan fingerprint density at radius 1 is 0.797 bits per heavy atom. The smallest absolute Gasteiger partial charge is 0.329 e. The summed E-state index contributed by atoms with van der Waals surface area (Å²) >= 11 is 0. The zero-order valence-electron chi connectivity index (χ0n) is 35.6. The summed E-state index contributed by atoms with van der Waals surface area (Å²) in [5, 5.41) is 13.2. The van der Waals surface area contributed by atoms with Crippen LogP contribution in [0.5, 0.6) is 5.75 Å². The van der Waals surface area contributed by atoms with Crippen LogP contribution in [0.1, 0.15) is 66.3 Å². The minimum atomic E-state index is -2.21. The molecule has 3 heterocycles. The second kappa shape index (κ2) is 18.1. The normalized spacial score (nSPS) is 22.7. The van der Waals surface area contributed by atoms with Crippen molar-refractivity contribution in [3.8, 4) is 17.6 Å². The number of hydrogen-bond acceptors (Lipinski definition) is 13. The van der Waals surface area contributed by atoms with Gasteiger partial charge in [-0.2, -0.15) is 0 Å². The fourth-order valence-corrected chi connectivity index (χ4v) is 9.30. The van der Waals surface area contributed by atoms with Crippen LogP contribution in [-0.4, -0.2) is 85.1 Å². The van der Waals surface area contributed by atoms with Gasteiger partial charge in [0.05, 0.1) is 45.0 Å². The van der Waals surface area contributed by atoms with Gasteiger partial charge in [0, 0.05) is 12.0 Å². The molecule has 7 atom stereocenters. The summed E-state index contributed by atoms with van der Waals surface area (Å²) < 4.78 is 20.9. The van der Waals surface area contributed by atoms with Gasteiger partial charge in [0.2, 0.25) is 11.8 Å². The zero-order valence-corrected chi connectivity index (χ0v) is 35.6. The molecule has 2 fully saturated rings. The van der Waals surface area contributed by atoms with Crippen molar-refractivity contribution in [2.75, 3.05) is 26.2 Å². The van der Waals surface area contributed by atoms with E-state index >= 15 is 4.79 Å². The van der Waals surface area contributed by atoms with Crippen molar-refractivity contribution in [1.82, 2.24) is 10.2 Å². The lowest BCUT2D eigenvalue weighted by Crippen LogP contribution is -2.57. The topological polar surface area (TPSA) is 221 Å². The first-order valence-corrected chi connectivity index (χ1v) is 20.4. The average molecular weight is 871 g/mol. The highest BCUT2D eigenvalue weighted by molar-refractivity contribution is 6.25. The predicted octanol–water partition coefficient (Wildman–Crippen LogP) is 4.15. The number of imide groups is 1. The number of carbonyl (C=O) groups is 7. The maximum Gasteiger partial charge on any atom is 0.329 e. The molecule has 330 valence electrons. The van der Waals surface area contributed by atoms with Crippen molar-refractivity contribution < 1.29 is 57.6 Å². The monoisotopic (exact) mass is 870 g/mol. The lowest BCUT2D eigenvalue weighted by molar-refractivity contribution is -0.178. The van der Waals surface area contributed by atoms with E-state index in [1.165, 1.54) is 30.3 Å². The fraction of sp³-hybridized carbons (Fsp3) is 0.312. The number of phenols is 1. The summed E-state index contributed by atoms with van der Waals surface area (Å²) in [4.78, 5) is 101. The van der Waals surface area contributed by atoms with Crippen LogP contribution in [0.15, 0.2) is 103 Å². The number of ether oxygens (including phenoxy) is 4. The molecule has 4 aromatic carbocycles. The van der Waals surface area contributed by atoms with Crippen LogP contribution in [0, 0.1) is 29.6 Å². The van der Waals surface area contributed by atoms with Crippen LogP contribution < -0.4 is 16.0 Å². The van der Waals surface area contributed by atoms with Gasteiger partial charge >= 0.3 is 29.9 Å². The third-order valence-corrected chi connectivity index (χ3v) is 12.1. The highest BCUT2D eigenvalue weighted by atomic mass is 16.6. The van der Waals surface area contributed by atoms with Crippen molar-refractivity contribution in [3.63, 3.8) is 0 Å². The zero-order chi connectivity index (χ0) is 46.0. The molecule has 0 saturated carbocycles. The molecule has 7 rings (SSSR count). The molecule has 0 radical (unpaired) electrons. The molecule has 3 aliphatic rings. The average Bonchev–Trinajstić information content (AvgIpc) is 3.76. The van der Waals surface area contributed by atoms with Crippen LogP contribution in [0.25, 0.3) is 0 Å². The van der Waals surface area contributed by atoms with Crippen molar-refractivity contribution in [2.45, 2.75) is 56.0 Å². The van der Waals surface area contributed by atoms with Crippen molar-refractivity contribution in [1.29, 1.82) is 0 Å². The Morgan fingerprint density at radius 2 is 1.39 bits per heavy atom. The molecule has 16 nitrogen and oxygen atoms in total.